The van der Waals surface area contributed by atoms with Crippen LogP contribution in [0.1, 0.15) is 108 Å². The third-order valence-corrected chi connectivity index (χ3v) is 22.7. The molecule has 0 bridgehead atoms. The SMILES string of the molecule is CC[C@@H](NC(=O)[C@H](CO[Si](C)(C)C(C)(C)C)NC(=S)[C@@H](Cc1ccccc1)N(C)C(=O)OC(C)(C)C)C(=S)N[C@@H](CO[Si](C)(C)C(C)(C)C)C(=O)N(C)[C@H](CC(C)C)C(=O)N[C@@H](C(=O)OC)[C@@H](C)O. The van der Waals surface area contributed by atoms with Crippen LogP contribution >= 0.6 is 24.4 Å². The number of likely N-dealkylation sites (N-methyl/N-ethyl adjacent to an activating group) is 2. The van der Waals surface area contributed by atoms with Crippen molar-refractivity contribution in [2.24, 2.45) is 5.92 Å². The van der Waals surface area contributed by atoms with Gasteiger partial charge in [-0.2, -0.15) is 0 Å². The molecule has 1 aromatic rings. The van der Waals surface area contributed by atoms with Crippen molar-refractivity contribution in [3.05, 3.63) is 35.9 Å². The quantitative estimate of drug-likeness (QED) is 0.0408. The zero-order valence-corrected chi connectivity index (χ0v) is 49.0. The van der Waals surface area contributed by atoms with Crippen molar-refractivity contribution >= 4 is 80.8 Å². The van der Waals surface area contributed by atoms with Gasteiger partial charge < -0.3 is 54.5 Å². The Bertz CT molecular complexity index is 1890. The lowest BCUT2D eigenvalue weighted by Gasteiger charge is -2.39. The minimum atomic E-state index is -2.46. The number of aliphatic hydroxyl groups is 1. The van der Waals surface area contributed by atoms with Gasteiger partial charge in [0.2, 0.25) is 17.7 Å². The maximum absolute atomic E-state index is 14.7. The van der Waals surface area contributed by atoms with Crippen LogP contribution in [0.3, 0.4) is 0 Å². The smallest absolute Gasteiger partial charge is 0.410 e. The molecule has 0 fully saturated rings. The lowest BCUT2D eigenvalue weighted by Crippen LogP contribution is -2.61. The molecule has 0 heterocycles. The van der Waals surface area contributed by atoms with Crippen LogP contribution in [0.25, 0.3) is 0 Å². The summed E-state index contributed by atoms with van der Waals surface area (Å²) in [6.45, 7) is 33.0. The first-order valence-corrected chi connectivity index (χ1v) is 30.6. The van der Waals surface area contributed by atoms with E-state index in [-0.39, 0.29) is 45.6 Å². The van der Waals surface area contributed by atoms with Crippen LogP contribution in [0.15, 0.2) is 30.3 Å². The monoisotopic (exact) mass is 1040 g/mol. The maximum atomic E-state index is 14.7. The van der Waals surface area contributed by atoms with E-state index in [9.17, 15) is 29.1 Å². The summed E-state index contributed by atoms with van der Waals surface area (Å²) in [6, 6.07) is 3.51. The van der Waals surface area contributed by atoms with Gasteiger partial charge in [-0.25, -0.2) is 9.59 Å². The molecule has 7 atom stereocenters. The van der Waals surface area contributed by atoms with Gasteiger partial charge in [-0.05, 0) is 94.7 Å². The summed E-state index contributed by atoms with van der Waals surface area (Å²) in [5.74, 6) is -2.54. The van der Waals surface area contributed by atoms with Crippen LogP contribution in [0, 0.1) is 5.92 Å². The number of nitrogens with one attached hydrogen (secondary N) is 4. The first-order valence-electron chi connectivity index (χ1n) is 23.9. The molecule has 1 rings (SSSR count). The lowest BCUT2D eigenvalue weighted by atomic mass is 10.0. The van der Waals surface area contributed by atoms with E-state index in [1.807, 2.05) is 51.1 Å². The minimum Gasteiger partial charge on any atom is -0.467 e. The number of esters is 1. The molecule has 0 aliphatic heterocycles. The van der Waals surface area contributed by atoms with Crippen molar-refractivity contribution < 1.29 is 47.4 Å². The van der Waals surface area contributed by atoms with Crippen molar-refractivity contribution in [2.75, 3.05) is 34.4 Å². The summed E-state index contributed by atoms with van der Waals surface area (Å²) in [5.41, 5.74) is 0.143. The number of carbonyl (C=O) groups excluding carboxylic acids is 5. The van der Waals surface area contributed by atoms with Gasteiger partial charge in [0.15, 0.2) is 22.7 Å². The summed E-state index contributed by atoms with van der Waals surface area (Å²) in [6.07, 6.45) is -0.975. The van der Waals surface area contributed by atoms with Crippen LogP contribution in [0.4, 0.5) is 4.79 Å². The fraction of sp³-hybridized carbons (Fsp3) is 0.735. The molecule has 4 amide bonds. The molecule has 0 aromatic heterocycles. The number of methoxy groups -OCH3 is 1. The van der Waals surface area contributed by atoms with E-state index >= 15 is 0 Å². The first kappa shape index (κ1) is 63.5. The van der Waals surface area contributed by atoms with Crippen molar-refractivity contribution in [2.45, 2.75) is 193 Å². The Balaban J connectivity index is 3.75. The predicted molar refractivity (Wildman–Crippen MR) is 287 cm³/mol. The summed E-state index contributed by atoms with van der Waals surface area (Å²) in [5, 5.41) is 22.1. The van der Waals surface area contributed by atoms with Crippen LogP contribution in [0.5, 0.6) is 0 Å². The van der Waals surface area contributed by atoms with Gasteiger partial charge in [0.1, 0.15) is 23.7 Å². The standard InChI is InChI=1S/C49H88N6O10S2Si2/c1-21-34(42(66)52-36(30-64-69(19,20)49(11,12)13)44(59)54(14)37(27-31(2)3)41(58)53-39(32(4)56)45(60)62-16)50-40(57)35(29-63-68(17,18)48(8,9)10)51-43(67)38(28-33-25-23-22-24-26-33)55(15)46(61)65-47(5,6)7/h22-26,31-32,34-39,56H,21,27-30H2,1-20H3,(H,50,57)(H,51,67)(H,52,66)(H,53,58)/t32-,34-,35+,36+,37-,38-,39-/m1/s1. The van der Waals surface area contributed by atoms with Crippen LogP contribution in [-0.4, -0.2) is 154 Å². The summed E-state index contributed by atoms with van der Waals surface area (Å²) >= 11 is 12.1. The van der Waals surface area contributed by atoms with Crippen LogP contribution in [0.2, 0.25) is 36.3 Å². The highest BCUT2D eigenvalue weighted by molar-refractivity contribution is 7.80. The second kappa shape index (κ2) is 26.8. The molecule has 1 aromatic carbocycles. The van der Waals surface area contributed by atoms with E-state index in [4.69, 9.17) is 42.8 Å². The minimum absolute atomic E-state index is 0.0508. The molecule has 394 valence electrons. The predicted octanol–water partition coefficient (Wildman–Crippen LogP) is 6.89. The average Bonchev–Trinajstić information content (AvgIpc) is 3.23. The van der Waals surface area contributed by atoms with Crippen LogP contribution < -0.4 is 21.3 Å². The maximum Gasteiger partial charge on any atom is 0.410 e. The zero-order valence-electron chi connectivity index (χ0n) is 45.4. The number of amides is 4. The molecule has 0 spiro atoms. The molecule has 0 saturated carbocycles. The Morgan fingerprint density at radius 2 is 1.19 bits per heavy atom. The average molecular weight is 1040 g/mol. The molecule has 0 aliphatic rings. The summed E-state index contributed by atoms with van der Waals surface area (Å²) in [4.78, 5) is 72.5. The molecule has 69 heavy (non-hydrogen) atoms. The van der Waals surface area contributed by atoms with E-state index in [1.54, 1.807) is 27.8 Å². The second-order valence-corrected chi connectivity index (χ2v) is 32.9. The first-order chi connectivity index (χ1) is 31.4. The lowest BCUT2D eigenvalue weighted by molar-refractivity contribution is -0.149. The molecule has 20 heteroatoms. The Morgan fingerprint density at radius 3 is 1.62 bits per heavy atom. The highest BCUT2D eigenvalue weighted by Gasteiger charge is 2.42. The van der Waals surface area contributed by atoms with Gasteiger partial charge in [0.05, 0.1) is 48.5 Å². The normalized spacial score (nSPS) is 15.6. The third kappa shape index (κ3) is 20.2. The molecule has 0 aliphatic carbocycles. The fourth-order valence-electron chi connectivity index (χ4n) is 6.28. The van der Waals surface area contributed by atoms with Gasteiger partial charge in [-0.3, -0.25) is 14.4 Å². The number of benzene rings is 1. The Labute approximate surface area is 427 Å². The van der Waals surface area contributed by atoms with E-state index in [2.05, 4.69) is 89.0 Å². The number of thiocarbonyl (C=S) groups is 2. The number of aliphatic hydroxyl groups excluding tert-OH is 1. The topological polar surface area (TPSA) is 197 Å². The Hall–Kier alpha value is -3.54. The number of hydrogen-bond donors (Lipinski definition) is 5. The largest absolute Gasteiger partial charge is 0.467 e. The highest BCUT2D eigenvalue weighted by atomic mass is 32.1. The fourth-order valence-corrected chi connectivity index (χ4v) is 9.07. The van der Waals surface area contributed by atoms with Crippen molar-refractivity contribution in [1.29, 1.82) is 0 Å². The number of hydrogen-bond acceptors (Lipinski definition) is 12. The van der Waals surface area contributed by atoms with E-state index in [0.717, 1.165) is 12.7 Å². The molecule has 0 unspecified atom stereocenters. The highest BCUT2D eigenvalue weighted by Crippen LogP contribution is 2.37. The van der Waals surface area contributed by atoms with Gasteiger partial charge >= 0.3 is 12.1 Å². The Kier molecular flexibility index (Phi) is 24.6. The van der Waals surface area contributed by atoms with E-state index < -0.39 is 94.4 Å². The Morgan fingerprint density at radius 1 is 0.696 bits per heavy atom. The van der Waals surface area contributed by atoms with Crippen molar-refractivity contribution in [3.8, 4) is 0 Å². The number of nitrogens with zero attached hydrogens (tertiary/aromatic N) is 2. The number of rotatable bonds is 24. The number of ether oxygens (including phenoxy) is 2. The third-order valence-electron chi connectivity index (χ3n) is 12.9. The van der Waals surface area contributed by atoms with E-state index in [1.165, 1.54) is 23.8 Å². The molecule has 0 saturated heterocycles. The van der Waals surface area contributed by atoms with Crippen molar-refractivity contribution in [1.82, 2.24) is 31.1 Å². The van der Waals surface area contributed by atoms with Gasteiger partial charge in [0.25, 0.3) is 0 Å². The van der Waals surface area contributed by atoms with Gasteiger partial charge in [0, 0.05) is 14.1 Å². The molecule has 5 N–H and O–H groups in total. The molecular formula is C49H88N6O10S2Si2. The zero-order chi connectivity index (χ0) is 53.6. The number of carbonyl (C=O) groups is 5. The summed E-state index contributed by atoms with van der Waals surface area (Å²) in [7, 11) is -0.618. The second-order valence-electron chi connectivity index (χ2n) is 22.4. The molecule has 0 radical (unpaired) electrons. The van der Waals surface area contributed by atoms with Gasteiger partial charge in [-0.15, -0.1) is 0 Å². The van der Waals surface area contributed by atoms with Crippen LogP contribution in [-0.2, 0) is 43.9 Å². The van der Waals surface area contributed by atoms with E-state index in [0.29, 0.717) is 12.8 Å². The van der Waals surface area contributed by atoms with Crippen molar-refractivity contribution in [3.63, 3.8) is 0 Å². The molecule has 16 nitrogen and oxygen atoms in total. The van der Waals surface area contributed by atoms with Gasteiger partial charge in [-0.1, -0.05) is 117 Å². The summed E-state index contributed by atoms with van der Waals surface area (Å²) < 4.78 is 23.8. The molecular weight excluding hydrogens is 953 g/mol.